The Bertz CT molecular complexity index is 332. The average Bonchev–Trinajstić information content (AvgIpc) is 2.31. The van der Waals surface area contributed by atoms with E-state index in [4.69, 9.17) is 10.6 Å². The van der Waals surface area contributed by atoms with Crippen LogP contribution in [0.4, 0.5) is 0 Å². The van der Waals surface area contributed by atoms with Crippen LogP contribution >= 0.6 is 0 Å². The number of aryl methyl sites for hydroxylation is 2. The van der Waals surface area contributed by atoms with Crippen molar-refractivity contribution in [3.63, 3.8) is 0 Å². The maximum Gasteiger partial charge on any atom is 0.0491 e. The molecule has 0 spiro atoms. The van der Waals surface area contributed by atoms with E-state index >= 15 is 0 Å². The topological polar surface area (TPSA) is 47.3 Å². The lowest BCUT2D eigenvalue weighted by Gasteiger charge is -2.26. The Labute approximate surface area is 104 Å². The molecule has 0 aromatic heterocycles. The summed E-state index contributed by atoms with van der Waals surface area (Å²) in [4.78, 5) is 0. The van der Waals surface area contributed by atoms with E-state index in [0.717, 1.165) is 13.0 Å². The third kappa shape index (κ3) is 3.53. The van der Waals surface area contributed by atoms with E-state index in [1.165, 1.54) is 16.7 Å². The average molecular weight is 236 g/mol. The van der Waals surface area contributed by atoms with E-state index < -0.39 is 0 Å². The number of methoxy groups -OCH3 is 1. The number of nitrogens with two attached hydrogens (primary N) is 1. The zero-order valence-corrected chi connectivity index (χ0v) is 11.3. The number of hydrazine groups is 1. The van der Waals surface area contributed by atoms with Gasteiger partial charge in [-0.1, -0.05) is 25.1 Å². The molecule has 0 amide bonds. The third-order valence-corrected chi connectivity index (χ3v) is 3.38. The lowest BCUT2D eigenvalue weighted by molar-refractivity contribution is 0.170. The fourth-order valence-electron chi connectivity index (χ4n) is 2.32. The highest BCUT2D eigenvalue weighted by molar-refractivity contribution is 5.36. The van der Waals surface area contributed by atoms with Crippen molar-refractivity contribution in [1.29, 1.82) is 0 Å². The molecule has 2 unspecified atom stereocenters. The van der Waals surface area contributed by atoms with Gasteiger partial charge in [-0.2, -0.15) is 0 Å². The first-order chi connectivity index (χ1) is 8.11. The van der Waals surface area contributed by atoms with Crippen LogP contribution in [0.3, 0.4) is 0 Å². The van der Waals surface area contributed by atoms with Crippen LogP contribution in [0.25, 0.3) is 0 Å². The second-order valence-electron chi connectivity index (χ2n) is 4.71. The normalized spacial score (nSPS) is 14.6. The maximum absolute atomic E-state index is 5.72. The molecular formula is C14H24N2O. The van der Waals surface area contributed by atoms with Gasteiger partial charge in [0.15, 0.2) is 0 Å². The number of hydrogen-bond donors (Lipinski definition) is 2. The van der Waals surface area contributed by atoms with E-state index in [1.807, 2.05) is 0 Å². The van der Waals surface area contributed by atoms with Gasteiger partial charge < -0.3 is 4.74 Å². The van der Waals surface area contributed by atoms with Crippen LogP contribution in [0.5, 0.6) is 0 Å². The van der Waals surface area contributed by atoms with Crippen LogP contribution < -0.4 is 11.3 Å². The molecule has 0 saturated carbocycles. The molecule has 1 aromatic carbocycles. The second-order valence-corrected chi connectivity index (χ2v) is 4.71. The van der Waals surface area contributed by atoms with Crippen molar-refractivity contribution in [2.45, 2.75) is 33.2 Å². The van der Waals surface area contributed by atoms with Crippen LogP contribution in [0, 0.1) is 19.8 Å². The largest absolute Gasteiger partial charge is 0.385 e. The summed E-state index contributed by atoms with van der Waals surface area (Å²) in [7, 11) is 1.73. The molecule has 0 radical (unpaired) electrons. The Morgan fingerprint density at radius 3 is 2.35 bits per heavy atom. The van der Waals surface area contributed by atoms with Gasteiger partial charge >= 0.3 is 0 Å². The Balaban J connectivity index is 2.93. The van der Waals surface area contributed by atoms with Gasteiger partial charge in [-0.3, -0.25) is 11.3 Å². The summed E-state index contributed by atoms with van der Waals surface area (Å²) in [6.07, 6.45) is 0.999. The molecule has 3 N–H and O–H groups in total. The number of nitrogens with one attached hydrogen (secondary N) is 1. The molecule has 2 atom stereocenters. The Morgan fingerprint density at radius 1 is 1.29 bits per heavy atom. The lowest BCUT2D eigenvalue weighted by Crippen LogP contribution is -2.34. The molecule has 1 aromatic rings. The lowest BCUT2D eigenvalue weighted by atomic mass is 9.87. The molecule has 1 rings (SSSR count). The highest BCUT2D eigenvalue weighted by Gasteiger charge is 2.20. The first-order valence-electron chi connectivity index (χ1n) is 6.13. The van der Waals surface area contributed by atoms with E-state index in [1.54, 1.807) is 7.11 Å². The van der Waals surface area contributed by atoms with Gasteiger partial charge in [-0.25, -0.2) is 0 Å². The Kier molecular flexibility index (Phi) is 5.62. The summed E-state index contributed by atoms with van der Waals surface area (Å²) in [6.45, 7) is 7.24. The molecule has 3 nitrogen and oxygen atoms in total. The smallest absolute Gasteiger partial charge is 0.0491 e. The second kappa shape index (κ2) is 6.74. The van der Waals surface area contributed by atoms with Gasteiger partial charge in [0.1, 0.15) is 0 Å². The van der Waals surface area contributed by atoms with Crippen molar-refractivity contribution >= 4 is 0 Å². The fourth-order valence-corrected chi connectivity index (χ4v) is 2.32. The van der Waals surface area contributed by atoms with Crippen LogP contribution in [0.15, 0.2) is 18.2 Å². The van der Waals surface area contributed by atoms with Crippen molar-refractivity contribution in [2.24, 2.45) is 11.8 Å². The van der Waals surface area contributed by atoms with E-state index in [0.29, 0.717) is 5.92 Å². The first-order valence-corrected chi connectivity index (χ1v) is 6.13. The summed E-state index contributed by atoms with van der Waals surface area (Å²) in [5.41, 5.74) is 6.85. The van der Waals surface area contributed by atoms with Gasteiger partial charge in [0.25, 0.3) is 0 Å². The van der Waals surface area contributed by atoms with Gasteiger partial charge in [-0.05, 0) is 42.9 Å². The van der Waals surface area contributed by atoms with Crippen molar-refractivity contribution < 1.29 is 4.74 Å². The van der Waals surface area contributed by atoms with Gasteiger partial charge in [0.2, 0.25) is 0 Å². The predicted octanol–water partition coefficient (Wildman–Crippen LogP) is 2.48. The van der Waals surface area contributed by atoms with Crippen molar-refractivity contribution in [3.05, 3.63) is 34.9 Å². The molecule has 3 heteroatoms. The quantitative estimate of drug-likeness (QED) is 0.589. The van der Waals surface area contributed by atoms with Crippen LogP contribution in [-0.4, -0.2) is 13.7 Å². The number of hydrogen-bond acceptors (Lipinski definition) is 3. The first kappa shape index (κ1) is 14.2. The van der Waals surface area contributed by atoms with Crippen LogP contribution in [-0.2, 0) is 4.74 Å². The summed E-state index contributed by atoms with van der Waals surface area (Å²) >= 11 is 0. The molecular weight excluding hydrogens is 212 g/mol. The standard InChI is InChI=1S/C14H24N2O/c1-10-6-5-7-11(2)13(10)14(16-15)12(3)8-9-17-4/h5-7,12,14,16H,8-9,15H2,1-4H3. The summed E-state index contributed by atoms with van der Waals surface area (Å²) in [6, 6.07) is 6.54. The van der Waals surface area contributed by atoms with Crippen molar-refractivity contribution in [2.75, 3.05) is 13.7 Å². The van der Waals surface area contributed by atoms with E-state index in [2.05, 4.69) is 44.4 Å². The zero-order chi connectivity index (χ0) is 12.8. The molecule has 0 fully saturated rings. The van der Waals surface area contributed by atoms with Crippen LogP contribution in [0.1, 0.15) is 36.1 Å². The minimum Gasteiger partial charge on any atom is -0.385 e. The summed E-state index contributed by atoms with van der Waals surface area (Å²) < 4.78 is 5.13. The minimum absolute atomic E-state index is 0.186. The number of rotatable bonds is 6. The molecule has 17 heavy (non-hydrogen) atoms. The van der Waals surface area contributed by atoms with Crippen molar-refractivity contribution in [3.8, 4) is 0 Å². The van der Waals surface area contributed by atoms with Crippen LogP contribution in [0.2, 0.25) is 0 Å². The number of ether oxygens (including phenoxy) is 1. The molecule has 0 aliphatic carbocycles. The summed E-state index contributed by atoms with van der Waals surface area (Å²) in [5, 5.41) is 0. The molecule has 0 saturated heterocycles. The van der Waals surface area contributed by atoms with Crippen molar-refractivity contribution in [1.82, 2.24) is 5.43 Å². The highest BCUT2D eigenvalue weighted by atomic mass is 16.5. The molecule has 0 heterocycles. The Hall–Kier alpha value is -0.900. The third-order valence-electron chi connectivity index (χ3n) is 3.38. The molecule has 0 aliphatic rings. The molecule has 0 aliphatic heterocycles. The highest BCUT2D eigenvalue weighted by Crippen LogP contribution is 2.28. The van der Waals surface area contributed by atoms with Gasteiger partial charge in [0.05, 0.1) is 0 Å². The van der Waals surface area contributed by atoms with Gasteiger partial charge in [-0.15, -0.1) is 0 Å². The SMILES string of the molecule is COCCC(C)C(NN)c1c(C)cccc1C. The molecule has 96 valence electrons. The van der Waals surface area contributed by atoms with Gasteiger partial charge in [0, 0.05) is 19.8 Å². The monoisotopic (exact) mass is 236 g/mol. The molecule has 0 bridgehead atoms. The van der Waals surface area contributed by atoms with E-state index in [9.17, 15) is 0 Å². The fraction of sp³-hybridized carbons (Fsp3) is 0.571. The zero-order valence-electron chi connectivity index (χ0n) is 11.3. The number of benzene rings is 1. The minimum atomic E-state index is 0.186. The summed E-state index contributed by atoms with van der Waals surface area (Å²) in [5.74, 6) is 6.17. The maximum atomic E-state index is 5.72. The van der Waals surface area contributed by atoms with E-state index in [-0.39, 0.29) is 6.04 Å². The Morgan fingerprint density at radius 2 is 1.88 bits per heavy atom. The predicted molar refractivity (Wildman–Crippen MR) is 71.6 cm³/mol.